The van der Waals surface area contributed by atoms with Gasteiger partial charge < -0.3 is 9.42 Å². The molecule has 1 aliphatic carbocycles. The van der Waals surface area contributed by atoms with Crippen LogP contribution < -0.4 is 0 Å². The lowest BCUT2D eigenvalue weighted by atomic mass is 9.87. The van der Waals surface area contributed by atoms with E-state index in [1.54, 1.807) is 4.68 Å². The Kier molecular flexibility index (Phi) is 3.47. The molecular formula is C17H23N5O2. The lowest BCUT2D eigenvalue weighted by Crippen LogP contribution is -2.51. The molecule has 1 saturated carbocycles. The summed E-state index contributed by atoms with van der Waals surface area (Å²) in [4.78, 5) is 19.6. The molecular weight excluding hydrogens is 306 g/mol. The Hall–Kier alpha value is -2.18. The second-order valence-electron chi connectivity index (χ2n) is 7.21. The minimum atomic E-state index is -0.530. The average molecular weight is 329 g/mol. The summed E-state index contributed by atoms with van der Waals surface area (Å²) in [7, 11) is 1.85. The van der Waals surface area contributed by atoms with Gasteiger partial charge in [-0.1, -0.05) is 5.16 Å². The molecule has 1 amide bonds. The van der Waals surface area contributed by atoms with E-state index in [1.165, 1.54) is 0 Å². The van der Waals surface area contributed by atoms with Crippen molar-refractivity contribution < 1.29 is 9.32 Å². The summed E-state index contributed by atoms with van der Waals surface area (Å²) >= 11 is 0. The summed E-state index contributed by atoms with van der Waals surface area (Å²) in [5.41, 5.74) is 0.916. The van der Waals surface area contributed by atoms with Crippen LogP contribution in [0.1, 0.15) is 72.8 Å². The second-order valence-corrected chi connectivity index (χ2v) is 7.21. The van der Waals surface area contributed by atoms with Crippen LogP contribution in [0.15, 0.2) is 10.6 Å². The van der Waals surface area contributed by atoms with E-state index in [1.807, 2.05) is 31.9 Å². The smallest absolute Gasteiger partial charge is 0.275 e. The van der Waals surface area contributed by atoms with Crippen LogP contribution in [0.25, 0.3) is 0 Å². The van der Waals surface area contributed by atoms with Gasteiger partial charge in [-0.05, 0) is 52.0 Å². The molecule has 7 nitrogen and oxygen atoms in total. The lowest BCUT2D eigenvalue weighted by Gasteiger charge is -2.42. The monoisotopic (exact) mass is 329 g/mol. The number of aromatic nitrogens is 4. The highest BCUT2D eigenvalue weighted by atomic mass is 16.5. The first kappa shape index (κ1) is 15.4. The summed E-state index contributed by atoms with van der Waals surface area (Å²) in [6, 6.07) is 1.84. The molecule has 1 unspecified atom stereocenters. The van der Waals surface area contributed by atoms with Gasteiger partial charge in [0.15, 0.2) is 11.5 Å². The Balaban J connectivity index is 1.67. The summed E-state index contributed by atoms with van der Waals surface area (Å²) in [6.07, 6.45) is 5.12. The van der Waals surface area contributed by atoms with Crippen LogP contribution in [0, 0.1) is 6.92 Å². The Morgan fingerprint density at radius 3 is 2.83 bits per heavy atom. The number of amides is 1. The fourth-order valence-corrected chi connectivity index (χ4v) is 3.43. The van der Waals surface area contributed by atoms with Gasteiger partial charge in [0.1, 0.15) is 5.54 Å². The fraction of sp³-hybridized carbons (Fsp3) is 0.647. The van der Waals surface area contributed by atoms with Gasteiger partial charge in [0.05, 0.1) is 0 Å². The number of aryl methyl sites for hydroxylation is 2. The maximum absolute atomic E-state index is 13.1. The van der Waals surface area contributed by atoms with Crippen LogP contribution in [-0.2, 0) is 12.6 Å². The predicted octanol–water partition coefficient (Wildman–Crippen LogP) is 2.53. The van der Waals surface area contributed by atoms with Crippen molar-refractivity contribution in [1.82, 2.24) is 24.8 Å². The maximum Gasteiger partial charge on any atom is 0.275 e. The Morgan fingerprint density at radius 2 is 2.17 bits per heavy atom. The van der Waals surface area contributed by atoms with E-state index in [2.05, 4.69) is 15.2 Å². The molecule has 2 fully saturated rings. The topological polar surface area (TPSA) is 77.1 Å². The first-order valence-electron chi connectivity index (χ1n) is 8.66. The summed E-state index contributed by atoms with van der Waals surface area (Å²) < 4.78 is 7.18. The van der Waals surface area contributed by atoms with Gasteiger partial charge in [-0.2, -0.15) is 10.1 Å². The van der Waals surface area contributed by atoms with Crippen molar-refractivity contribution in [2.75, 3.05) is 6.54 Å². The molecule has 4 rings (SSSR count). The molecule has 7 heteroatoms. The quantitative estimate of drug-likeness (QED) is 0.865. The molecule has 2 aromatic rings. The van der Waals surface area contributed by atoms with Crippen LogP contribution in [0.4, 0.5) is 0 Å². The molecule has 2 aliphatic rings. The second kappa shape index (κ2) is 5.43. The van der Waals surface area contributed by atoms with Crippen molar-refractivity contribution >= 4 is 5.91 Å². The number of likely N-dealkylation sites (tertiary alicyclic amines) is 1. The maximum atomic E-state index is 13.1. The zero-order valence-corrected chi connectivity index (χ0v) is 14.4. The third kappa shape index (κ3) is 2.42. The molecule has 0 bridgehead atoms. The van der Waals surface area contributed by atoms with Crippen molar-refractivity contribution in [2.24, 2.45) is 7.05 Å². The number of piperidine rings is 1. The largest absolute Gasteiger partial charge is 0.339 e. The van der Waals surface area contributed by atoms with Crippen molar-refractivity contribution in [2.45, 2.75) is 57.4 Å². The molecule has 0 spiro atoms. The zero-order valence-electron chi connectivity index (χ0n) is 14.4. The molecule has 1 saturated heterocycles. The van der Waals surface area contributed by atoms with Crippen LogP contribution in [0.2, 0.25) is 0 Å². The molecule has 0 N–H and O–H groups in total. The van der Waals surface area contributed by atoms with E-state index in [0.717, 1.165) is 43.7 Å². The zero-order chi connectivity index (χ0) is 16.9. The van der Waals surface area contributed by atoms with Crippen LogP contribution in [-0.4, -0.2) is 37.3 Å². The van der Waals surface area contributed by atoms with Crippen LogP contribution in [0.3, 0.4) is 0 Å². The van der Waals surface area contributed by atoms with E-state index in [9.17, 15) is 4.79 Å². The van der Waals surface area contributed by atoms with E-state index >= 15 is 0 Å². The Bertz CT molecular complexity index is 756. The van der Waals surface area contributed by atoms with Crippen LogP contribution >= 0.6 is 0 Å². The van der Waals surface area contributed by atoms with Crippen LogP contribution in [0.5, 0.6) is 0 Å². The van der Waals surface area contributed by atoms with Crippen molar-refractivity contribution in [1.29, 1.82) is 0 Å². The van der Waals surface area contributed by atoms with Crippen molar-refractivity contribution in [3.63, 3.8) is 0 Å². The van der Waals surface area contributed by atoms with Crippen molar-refractivity contribution in [3.8, 4) is 0 Å². The SMILES string of the molecule is Cc1cc(C(=O)N2CCCCC2(C)c2noc(C3CC3)n2)nn1C. The van der Waals surface area contributed by atoms with Gasteiger partial charge in [0.25, 0.3) is 5.91 Å². The highest BCUT2D eigenvalue weighted by Gasteiger charge is 2.44. The van der Waals surface area contributed by atoms with Gasteiger partial charge in [-0.3, -0.25) is 9.48 Å². The summed E-state index contributed by atoms with van der Waals surface area (Å²) in [6.45, 7) is 4.68. The van der Waals surface area contributed by atoms with E-state index < -0.39 is 5.54 Å². The molecule has 0 radical (unpaired) electrons. The fourth-order valence-electron chi connectivity index (χ4n) is 3.43. The first-order chi connectivity index (χ1) is 11.5. The number of nitrogens with zero attached hydrogens (tertiary/aromatic N) is 5. The number of rotatable bonds is 3. The molecule has 2 aromatic heterocycles. The molecule has 24 heavy (non-hydrogen) atoms. The van der Waals surface area contributed by atoms with Gasteiger partial charge in [0, 0.05) is 25.2 Å². The summed E-state index contributed by atoms with van der Waals surface area (Å²) in [5.74, 6) is 1.71. The normalized spacial score (nSPS) is 24.4. The average Bonchev–Trinajstić information content (AvgIpc) is 3.19. The third-order valence-electron chi connectivity index (χ3n) is 5.32. The van der Waals surface area contributed by atoms with Gasteiger partial charge >= 0.3 is 0 Å². The number of carbonyl (C=O) groups is 1. The van der Waals surface area contributed by atoms with Gasteiger partial charge in [-0.15, -0.1) is 0 Å². The number of hydrogen-bond acceptors (Lipinski definition) is 5. The van der Waals surface area contributed by atoms with E-state index in [-0.39, 0.29) is 5.91 Å². The third-order valence-corrected chi connectivity index (χ3v) is 5.32. The standard InChI is InChI=1S/C17H23N5O2/c1-11-10-13(19-21(11)3)15(23)22-9-5-4-8-17(22,2)16-18-14(24-20-16)12-6-7-12/h10,12H,4-9H2,1-3H3. The lowest BCUT2D eigenvalue weighted by molar-refractivity contribution is 0.0318. The van der Waals surface area contributed by atoms with E-state index in [0.29, 0.717) is 24.0 Å². The molecule has 0 aromatic carbocycles. The van der Waals surface area contributed by atoms with Crippen molar-refractivity contribution in [3.05, 3.63) is 29.2 Å². The first-order valence-corrected chi connectivity index (χ1v) is 8.66. The highest BCUT2D eigenvalue weighted by Crippen LogP contribution is 2.41. The van der Waals surface area contributed by atoms with Gasteiger partial charge in [-0.25, -0.2) is 0 Å². The molecule has 3 heterocycles. The Morgan fingerprint density at radius 1 is 1.38 bits per heavy atom. The molecule has 1 aliphatic heterocycles. The van der Waals surface area contributed by atoms with Gasteiger partial charge in [0.2, 0.25) is 5.89 Å². The molecule has 128 valence electrons. The Labute approximate surface area is 141 Å². The minimum Gasteiger partial charge on any atom is -0.339 e. The number of hydrogen-bond donors (Lipinski definition) is 0. The predicted molar refractivity (Wildman–Crippen MR) is 86.5 cm³/mol. The minimum absolute atomic E-state index is 0.0568. The van der Waals surface area contributed by atoms with E-state index in [4.69, 9.17) is 4.52 Å². The highest BCUT2D eigenvalue weighted by molar-refractivity contribution is 5.93. The summed E-state index contributed by atoms with van der Waals surface area (Å²) in [5, 5.41) is 8.57. The molecule has 1 atom stereocenters. The number of carbonyl (C=O) groups excluding carboxylic acids is 1.